The molecule has 0 amide bonds. The minimum atomic E-state index is -0.897. The van der Waals surface area contributed by atoms with E-state index in [1.54, 1.807) is 4.68 Å². The minimum absolute atomic E-state index is 0.0524. The Morgan fingerprint density at radius 1 is 1.30 bits per heavy atom. The molecule has 6 heteroatoms. The number of nitrogens with zero attached hydrogens (tertiary/aromatic N) is 2. The van der Waals surface area contributed by atoms with E-state index in [1.807, 2.05) is 13.0 Å². The molecule has 0 bridgehead atoms. The van der Waals surface area contributed by atoms with Crippen molar-refractivity contribution in [2.75, 3.05) is 13.2 Å². The topological polar surface area (TPSA) is 64.1 Å². The molecule has 2 rings (SSSR count). The van der Waals surface area contributed by atoms with Gasteiger partial charge in [0.15, 0.2) is 11.6 Å². The quantitative estimate of drug-likeness (QED) is 0.874. The summed E-state index contributed by atoms with van der Waals surface area (Å²) < 4.78 is 28.0. The molecule has 0 aliphatic rings. The monoisotopic (exact) mass is 281 g/mol. The van der Waals surface area contributed by atoms with Crippen LogP contribution in [0.15, 0.2) is 24.3 Å². The van der Waals surface area contributed by atoms with Crippen molar-refractivity contribution in [2.45, 2.75) is 19.4 Å². The summed E-state index contributed by atoms with van der Waals surface area (Å²) >= 11 is 0. The molecule has 1 aromatic carbocycles. The number of aliphatic hydroxyl groups is 1. The van der Waals surface area contributed by atoms with E-state index in [4.69, 9.17) is 10.8 Å². The van der Waals surface area contributed by atoms with Gasteiger partial charge in [0.05, 0.1) is 18.8 Å². The Hall–Kier alpha value is -1.79. The minimum Gasteiger partial charge on any atom is -0.394 e. The van der Waals surface area contributed by atoms with E-state index in [0.29, 0.717) is 12.1 Å². The molecule has 1 atom stereocenters. The van der Waals surface area contributed by atoms with Crippen molar-refractivity contribution in [3.05, 3.63) is 52.9 Å². The highest BCUT2D eigenvalue weighted by Gasteiger charge is 2.19. The van der Waals surface area contributed by atoms with Gasteiger partial charge in [0.1, 0.15) is 0 Å². The van der Waals surface area contributed by atoms with Crippen LogP contribution in [0.25, 0.3) is 0 Å². The van der Waals surface area contributed by atoms with Crippen LogP contribution in [0.5, 0.6) is 0 Å². The van der Waals surface area contributed by atoms with Gasteiger partial charge >= 0.3 is 0 Å². The van der Waals surface area contributed by atoms with Gasteiger partial charge in [-0.1, -0.05) is 6.07 Å². The van der Waals surface area contributed by atoms with Gasteiger partial charge in [-0.2, -0.15) is 5.10 Å². The zero-order valence-electron chi connectivity index (χ0n) is 11.2. The Labute approximate surface area is 115 Å². The average molecular weight is 281 g/mol. The number of benzene rings is 1. The molecule has 0 saturated carbocycles. The zero-order valence-corrected chi connectivity index (χ0v) is 11.2. The number of rotatable bonds is 5. The van der Waals surface area contributed by atoms with E-state index in [9.17, 15) is 8.78 Å². The summed E-state index contributed by atoms with van der Waals surface area (Å²) in [4.78, 5) is 0. The molecule has 4 nitrogen and oxygen atoms in total. The van der Waals surface area contributed by atoms with E-state index in [1.165, 1.54) is 6.07 Å². The summed E-state index contributed by atoms with van der Waals surface area (Å²) in [6.07, 6.45) is 0. The molecule has 0 saturated heterocycles. The second kappa shape index (κ2) is 6.11. The van der Waals surface area contributed by atoms with Crippen LogP contribution in [-0.2, 0) is 6.54 Å². The fraction of sp³-hybridized carbons (Fsp3) is 0.357. The highest BCUT2D eigenvalue weighted by atomic mass is 19.2. The van der Waals surface area contributed by atoms with Crippen molar-refractivity contribution in [3.8, 4) is 0 Å². The smallest absolute Gasteiger partial charge is 0.159 e. The Morgan fingerprint density at radius 2 is 2.05 bits per heavy atom. The molecule has 1 unspecified atom stereocenters. The standard InChI is InChI=1S/C14H17F2N3O/c1-9-6-14(19(18-9)4-5-20)11(8-17)10-2-3-12(15)13(16)7-10/h2-3,6-7,11,20H,4-5,8,17H2,1H3. The van der Waals surface area contributed by atoms with Crippen molar-refractivity contribution in [1.82, 2.24) is 9.78 Å². The van der Waals surface area contributed by atoms with E-state index in [-0.39, 0.29) is 19.1 Å². The van der Waals surface area contributed by atoms with Crippen molar-refractivity contribution >= 4 is 0 Å². The van der Waals surface area contributed by atoms with Gasteiger partial charge in [-0.25, -0.2) is 8.78 Å². The molecule has 1 heterocycles. The number of nitrogens with two attached hydrogens (primary N) is 1. The van der Waals surface area contributed by atoms with Gasteiger partial charge < -0.3 is 10.8 Å². The summed E-state index contributed by atoms with van der Waals surface area (Å²) in [5.41, 5.74) is 7.94. The predicted octanol–water partition coefficient (Wildman–Crippen LogP) is 1.55. The lowest BCUT2D eigenvalue weighted by molar-refractivity contribution is 0.266. The van der Waals surface area contributed by atoms with Crippen LogP contribution in [-0.4, -0.2) is 28.0 Å². The SMILES string of the molecule is Cc1cc(C(CN)c2ccc(F)c(F)c2)n(CCO)n1. The maximum absolute atomic E-state index is 13.4. The number of hydrogen-bond acceptors (Lipinski definition) is 3. The first-order chi connectivity index (χ1) is 9.56. The highest BCUT2D eigenvalue weighted by Crippen LogP contribution is 2.25. The normalized spacial score (nSPS) is 12.7. The lowest BCUT2D eigenvalue weighted by atomic mass is 9.95. The number of aromatic nitrogens is 2. The Morgan fingerprint density at radius 3 is 2.65 bits per heavy atom. The molecule has 2 aromatic rings. The van der Waals surface area contributed by atoms with E-state index in [0.717, 1.165) is 23.5 Å². The first-order valence-corrected chi connectivity index (χ1v) is 6.37. The first-order valence-electron chi connectivity index (χ1n) is 6.37. The molecule has 0 radical (unpaired) electrons. The highest BCUT2D eigenvalue weighted by molar-refractivity contribution is 5.31. The van der Waals surface area contributed by atoms with Crippen molar-refractivity contribution in [2.24, 2.45) is 5.73 Å². The third-order valence-corrected chi connectivity index (χ3v) is 3.18. The van der Waals surface area contributed by atoms with E-state index in [2.05, 4.69) is 5.10 Å². The van der Waals surface area contributed by atoms with Crippen LogP contribution in [0, 0.1) is 18.6 Å². The summed E-state index contributed by atoms with van der Waals surface area (Å²) in [6.45, 7) is 2.35. The van der Waals surface area contributed by atoms with Gasteiger partial charge in [0.25, 0.3) is 0 Å². The molecule has 0 fully saturated rings. The van der Waals surface area contributed by atoms with Crippen molar-refractivity contribution in [3.63, 3.8) is 0 Å². The van der Waals surface area contributed by atoms with Crippen LogP contribution in [0.1, 0.15) is 22.9 Å². The van der Waals surface area contributed by atoms with Crippen molar-refractivity contribution < 1.29 is 13.9 Å². The molecule has 108 valence electrons. The van der Waals surface area contributed by atoms with Gasteiger partial charge in [0.2, 0.25) is 0 Å². The molecular weight excluding hydrogens is 264 g/mol. The Balaban J connectivity index is 2.43. The maximum Gasteiger partial charge on any atom is 0.159 e. The molecular formula is C14H17F2N3O. The molecule has 3 N–H and O–H groups in total. The van der Waals surface area contributed by atoms with Gasteiger partial charge in [-0.3, -0.25) is 4.68 Å². The zero-order chi connectivity index (χ0) is 14.7. The summed E-state index contributed by atoms with van der Waals surface area (Å²) in [6, 6.07) is 5.60. The molecule has 0 spiro atoms. The summed E-state index contributed by atoms with van der Waals surface area (Å²) in [7, 11) is 0. The molecule has 1 aromatic heterocycles. The van der Waals surface area contributed by atoms with Gasteiger partial charge in [0, 0.05) is 18.2 Å². The van der Waals surface area contributed by atoms with E-state index >= 15 is 0 Å². The maximum atomic E-state index is 13.4. The number of aliphatic hydroxyl groups excluding tert-OH is 1. The summed E-state index contributed by atoms with van der Waals surface area (Å²) in [5, 5.41) is 13.3. The number of halogens is 2. The lowest BCUT2D eigenvalue weighted by Crippen LogP contribution is -2.19. The molecule has 0 aliphatic carbocycles. The van der Waals surface area contributed by atoms with Crippen LogP contribution in [0.4, 0.5) is 8.78 Å². The average Bonchev–Trinajstić information content (AvgIpc) is 2.76. The molecule has 0 aliphatic heterocycles. The predicted molar refractivity (Wildman–Crippen MR) is 71.3 cm³/mol. The molecule has 20 heavy (non-hydrogen) atoms. The largest absolute Gasteiger partial charge is 0.394 e. The third-order valence-electron chi connectivity index (χ3n) is 3.18. The Bertz CT molecular complexity index is 598. The lowest BCUT2D eigenvalue weighted by Gasteiger charge is -2.17. The van der Waals surface area contributed by atoms with Gasteiger partial charge in [-0.15, -0.1) is 0 Å². The summed E-state index contributed by atoms with van der Waals surface area (Å²) in [5.74, 6) is -2.08. The fourth-order valence-electron chi connectivity index (χ4n) is 2.28. The number of aryl methyl sites for hydroxylation is 1. The fourth-order valence-corrected chi connectivity index (χ4v) is 2.28. The second-order valence-electron chi connectivity index (χ2n) is 4.62. The first kappa shape index (κ1) is 14.6. The third kappa shape index (κ3) is 2.86. The van der Waals surface area contributed by atoms with Crippen LogP contribution in [0.3, 0.4) is 0 Å². The van der Waals surface area contributed by atoms with Crippen LogP contribution in [0.2, 0.25) is 0 Å². The van der Waals surface area contributed by atoms with Crippen molar-refractivity contribution in [1.29, 1.82) is 0 Å². The second-order valence-corrected chi connectivity index (χ2v) is 4.62. The van der Waals surface area contributed by atoms with Crippen LogP contribution < -0.4 is 5.73 Å². The van der Waals surface area contributed by atoms with Crippen LogP contribution >= 0.6 is 0 Å². The van der Waals surface area contributed by atoms with E-state index < -0.39 is 11.6 Å². The van der Waals surface area contributed by atoms with Gasteiger partial charge in [-0.05, 0) is 30.7 Å². The Kier molecular flexibility index (Phi) is 4.46. The number of hydrogen-bond donors (Lipinski definition) is 2.